The average Bonchev–Trinajstić information content (AvgIpc) is 3.21. The van der Waals surface area contributed by atoms with Gasteiger partial charge < -0.3 is 0 Å². The van der Waals surface area contributed by atoms with Crippen LogP contribution in [0.2, 0.25) is 0 Å². The first-order valence-electron chi connectivity index (χ1n) is 10.5. The van der Waals surface area contributed by atoms with Crippen LogP contribution in [0.15, 0.2) is 103 Å². The fourth-order valence-electron chi connectivity index (χ4n) is 4.49. The lowest BCUT2D eigenvalue weighted by molar-refractivity contribution is 1.06. The monoisotopic (exact) mass is 404 g/mol. The van der Waals surface area contributed by atoms with Gasteiger partial charge in [-0.2, -0.15) is 0 Å². The third-order valence-corrected chi connectivity index (χ3v) is 8.88. The van der Waals surface area contributed by atoms with E-state index in [4.69, 9.17) is 0 Å². The third kappa shape index (κ3) is 3.32. The van der Waals surface area contributed by atoms with E-state index in [-0.39, 0.29) is 0 Å². The van der Waals surface area contributed by atoms with E-state index in [0.29, 0.717) is 5.92 Å². The molecule has 0 nitrogen and oxygen atoms in total. The number of hydrogen-bond donors (Lipinski definition) is 0. The lowest BCUT2D eigenvalue weighted by atomic mass is 9.93. The minimum Gasteiger partial charge on any atom is -0.0720 e. The largest absolute Gasteiger partial charge is 0.0720 e. The molecule has 0 fully saturated rings. The molecular weight excluding hydrogens is 379 g/mol. The van der Waals surface area contributed by atoms with Gasteiger partial charge in [0, 0.05) is 5.92 Å². The summed E-state index contributed by atoms with van der Waals surface area (Å²) in [5.74, 6) is 0.315. The van der Waals surface area contributed by atoms with Crippen molar-refractivity contribution >= 4 is 29.9 Å². The molecule has 0 saturated heterocycles. The first kappa shape index (κ1) is 19.0. The van der Waals surface area contributed by atoms with Crippen molar-refractivity contribution in [2.45, 2.75) is 19.8 Å². The van der Waals surface area contributed by atoms with E-state index >= 15 is 0 Å². The first-order valence-corrected chi connectivity index (χ1v) is 11.9. The molecule has 0 heterocycles. The maximum absolute atomic E-state index is 2.37. The predicted octanol–water partition coefficient (Wildman–Crippen LogP) is 6.22. The van der Waals surface area contributed by atoms with Crippen molar-refractivity contribution in [3.05, 3.63) is 131 Å². The zero-order chi connectivity index (χ0) is 20.5. The van der Waals surface area contributed by atoms with Crippen molar-refractivity contribution in [3.63, 3.8) is 0 Å². The van der Waals surface area contributed by atoms with Crippen molar-refractivity contribution in [3.8, 4) is 0 Å². The molecule has 0 amide bonds. The quantitative estimate of drug-likeness (QED) is 0.354. The summed E-state index contributed by atoms with van der Waals surface area (Å²) in [6.45, 7) is 4.49. The van der Waals surface area contributed by atoms with Crippen LogP contribution in [-0.4, -0.2) is 0 Å². The molecule has 1 atom stereocenters. The Hall–Kier alpha value is -2.95. The summed E-state index contributed by atoms with van der Waals surface area (Å²) in [7, 11) is -0.648. The van der Waals surface area contributed by atoms with Crippen molar-refractivity contribution in [1.29, 1.82) is 0 Å². The second-order valence-electron chi connectivity index (χ2n) is 7.93. The summed E-state index contributed by atoms with van der Waals surface area (Å²) in [4.78, 5) is 0. The van der Waals surface area contributed by atoms with Crippen LogP contribution in [0.1, 0.15) is 33.7 Å². The molecule has 0 aromatic heterocycles. The smallest absolute Gasteiger partial charge is 0.0285 e. The molecule has 30 heavy (non-hydrogen) atoms. The molecule has 0 radical (unpaired) electrons. The first-order chi connectivity index (χ1) is 14.7. The number of aryl methyl sites for hydroxylation is 2. The lowest BCUT2D eigenvalue weighted by Gasteiger charge is -2.27. The fraction of sp³-hybridized carbons (Fsp3) is 0.103. The van der Waals surface area contributed by atoms with Crippen LogP contribution in [0.4, 0.5) is 0 Å². The summed E-state index contributed by atoms with van der Waals surface area (Å²) in [6, 6.07) is 35.7. The van der Waals surface area contributed by atoms with Crippen molar-refractivity contribution < 1.29 is 0 Å². The highest BCUT2D eigenvalue weighted by atomic mass is 31.1. The summed E-state index contributed by atoms with van der Waals surface area (Å²) in [5.41, 5.74) is 6.91. The third-order valence-electron chi connectivity index (χ3n) is 6.02. The average molecular weight is 404 g/mol. The Kier molecular flexibility index (Phi) is 5.11. The Bertz CT molecular complexity index is 1190. The fourth-order valence-corrected chi connectivity index (χ4v) is 7.30. The molecule has 4 aromatic rings. The van der Waals surface area contributed by atoms with E-state index in [0.717, 1.165) is 0 Å². The summed E-state index contributed by atoms with van der Waals surface area (Å²) < 4.78 is 0. The molecule has 0 aliphatic heterocycles. The highest BCUT2D eigenvalue weighted by Gasteiger charge is 2.27. The molecular formula is C29H25P. The Morgan fingerprint density at radius 3 is 1.67 bits per heavy atom. The molecule has 1 aliphatic rings. The second-order valence-corrected chi connectivity index (χ2v) is 10.0. The van der Waals surface area contributed by atoms with E-state index in [1.807, 2.05) is 0 Å². The van der Waals surface area contributed by atoms with Crippen LogP contribution in [-0.2, 0) is 0 Å². The second kappa shape index (κ2) is 8.05. The van der Waals surface area contributed by atoms with Crippen LogP contribution >= 0.6 is 7.92 Å². The minimum absolute atomic E-state index is 0.315. The van der Waals surface area contributed by atoms with Gasteiger partial charge in [0.25, 0.3) is 0 Å². The van der Waals surface area contributed by atoms with Crippen LogP contribution in [0, 0.1) is 13.8 Å². The van der Waals surface area contributed by atoms with Gasteiger partial charge in [-0.15, -0.1) is 0 Å². The van der Waals surface area contributed by atoms with Gasteiger partial charge in [0.05, 0.1) is 0 Å². The zero-order valence-electron chi connectivity index (χ0n) is 17.4. The van der Waals surface area contributed by atoms with E-state index < -0.39 is 7.92 Å². The highest BCUT2D eigenvalue weighted by Crippen LogP contribution is 2.41. The number of hydrogen-bond acceptors (Lipinski definition) is 0. The van der Waals surface area contributed by atoms with Gasteiger partial charge >= 0.3 is 0 Å². The molecule has 0 bridgehead atoms. The number of rotatable bonds is 4. The summed E-state index contributed by atoms with van der Waals surface area (Å²) >= 11 is 0. The van der Waals surface area contributed by atoms with E-state index in [1.165, 1.54) is 43.7 Å². The lowest BCUT2D eigenvalue weighted by Crippen LogP contribution is -2.27. The van der Waals surface area contributed by atoms with Gasteiger partial charge in [0.1, 0.15) is 0 Å². The zero-order valence-corrected chi connectivity index (χ0v) is 18.3. The molecule has 0 saturated carbocycles. The Morgan fingerprint density at radius 1 is 0.533 bits per heavy atom. The van der Waals surface area contributed by atoms with Gasteiger partial charge in [0.15, 0.2) is 0 Å². The van der Waals surface area contributed by atoms with E-state index in [9.17, 15) is 0 Å². The van der Waals surface area contributed by atoms with Gasteiger partial charge in [-0.25, -0.2) is 0 Å². The molecule has 4 aromatic carbocycles. The van der Waals surface area contributed by atoms with E-state index in [1.54, 1.807) is 0 Å². The maximum Gasteiger partial charge on any atom is 0.0285 e. The van der Waals surface area contributed by atoms with Crippen LogP contribution in [0.25, 0.3) is 6.08 Å². The Labute approximate surface area is 180 Å². The van der Waals surface area contributed by atoms with Gasteiger partial charge in [-0.05, 0) is 65.5 Å². The maximum atomic E-state index is 2.37. The molecule has 5 rings (SSSR count). The highest BCUT2D eigenvalue weighted by molar-refractivity contribution is 7.80. The van der Waals surface area contributed by atoms with Crippen molar-refractivity contribution in [2.24, 2.45) is 0 Å². The number of fused-ring (bicyclic) bond motifs is 1. The molecule has 1 heteroatoms. The topological polar surface area (TPSA) is 0 Å². The molecule has 1 aliphatic carbocycles. The molecule has 0 N–H and O–H groups in total. The number of allylic oxidation sites excluding steroid dienone is 1. The molecule has 0 spiro atoms. The van der Waals surface area contributed by atoms with Crippen molar-refractivity contribution in [2.75, 3.05) is 0 Å². The Morgan fingerprint density at radius 2 is 1.03 bits per heavy atom. The van der Waals surface area contributed by atoms with Gasteiger partial charge in [0.2, 0.25) is 0 Å². The normalized spacial score (nSPS) is 14.8. The van der Waals surface area contributed by atoms with Crippen molar-refractivity contribution in [1.82, 2.24) is 0 Å². The van der Waals surface area contributed by atoms with Crippen LogP contribution in [0.5, 0.6) is 0 Å². The van der Waals surface area contributed by atoms with Gasteiger partial charge in [-0.1, -0.05) is 109 Å². The molecule has 146 valence electrons. The number of benzene rings is 4. The molecule has 1 unspecified atom stereocenters. The van der Waals surface area contributed by atoms with Gasteiger partial charge in [-0.3, -0.25) is 0 Å². The predicted molar refractivity (Wildman–Crippen MR) is 132 cm³/mol. The standard InChI is InChI=1S/C29H25P/c1-21-11-3-8-16-27(21)30(28-17-9-4-12-22(28)2)29-18-10-7-15-26(29)25-20-19-23-13-5-6-14-24(23)25/h3-20,25H,1-2H3. The summed E-state index contributed by atoms with van der Waals surface area (Å²) in [6.07, 6.45) is 4.65. The minimum atomic E-state index is -0.648. The van der Waals surface area contributed by atoms with Crippen LogP contribution < -0.4 is 15.9 Å². The van der Waals surface area contributed by atoms with E-state index in [2.05, 4.69) is 123 Å². The Balaban J connectivity index is 1.74. The summed E-state index contributed by atoms with van der Waals surface area (Å²) in [5, 5.41) is 4.36. The SMILES string of the molecule is Cc1ccccc1P(c1ccccc1C)c1ccccc1C1C=Cc2ccccc21. The van der Waals surface area contributed by atoms with Crippen LogP contribution in [0.3, 0.4) is 0 Å².